The van der Waals surface area contributed by atoms with Crippen LogP contribution in [0.4, 0.5) is 5.69 Å². The molecule has 4 rings (SSSR count). The summed E-state index contributed by atoms with van der Waals surface area (Å²) in [6.07, 6.45) is 2.20. The molecule has 0 saturated carbocycles. The van der Waals surface area contributed by atoms with Gasteiger partial charge in [0.15, 0.2) is 5.78 Å². The minimum Gasteiger partial charge on any atom is -0.358 e. The number of nitrogens with one attached hydrogen (secondary N) is 2. The maximum absolute atomic E-state index is 12.9. The summed E-state index contributed by atoms with van der Waals surface area (Å²) in [5.41, 5.74) is 4.47. The van der Waals surface area contributed by atoms with E-state index in [0.29, 0.717) is 23.2 Å². The van der Waals surface area contributed by atoms with Gasteiger partial charge >= 0.3 is 0 Å². The van der Waals surface area contributed by atoms with E-state index in [1.165, 1.54) is 0 Å². The van der Waals surface area contributed by atoms with Crippen LogP contribution >= 0.6 is 0 Å². The molecule has 2 aromatic carbocycles. The van der Waals surface area contributed by atoms with Gasteiger partial charge in [-0.1, -0.05) is 12.1 Å². The molecule has 0 bridgehead atoms. The van der Waals surface area contributed by atoms with Crippen molar-refractivity contribution in [2.24, 2.45) is 0 Å². The normalized spacial score (nSPS) is 14.5. The number of carbonyl (C=O) groups is 1. The lowest BCUT2D eigenvalue weighted by atomic mass is 9.94. The summed E-state index contributed by atoms with van der Waals surface area (Å²) in [4.78, 5) is 15.7. The number of aromatic nitrogens is 1. The van der Waals surface area contributed by atoms with E-state index < -0.39 is 10.0 Å². The number of carbonyl (C=O) groups excluding carboxylic acids is 1. The molecule has 1 heterocycles. The molecule has 0 saturated heterocycles. The van der Waals surface area contributed by atoms with E-state index in [-0.39, 0.29) is 10.7 Å². The van der Waals surface area contributed by atoms with Gasteiger partial charge in [-0.25, -0.2) is 8.42 Å². The number of fused-ring (bicyclic) bond motifs is 3. The van der Waals surface area contributed by atoms with Gasteiger partial charge in [-0.3, -0.25) is 9.52 Å². The fourth-order valence-corrected chi connectivity index (χ4v) is 4.95. The van der Waals surface area contributed by atoms with Crippen molar-refractivity contribution >= 4 is 32.4 Å². The van der Waals surface area contributed by atoms with Gasteiger partial charge in [0.25, 0.3) is 10.0 Å². The molecule has 0 amide bonds. The molecule has 1 aliphatic rings. The summed E-state index contributed by atoms with van der Waals surface area (Å²) in [6, 6.07) is 10.7. The van der Waals surface area contributed by atoms with E-state index >= 15 is 0 Å². The Morgan fingerprint density at radius 2 is 1.88 bits per heavy atom. The first-order valence-electron chi connectivity index (χ1n) is 8.63. The fourth-order valence-electron chi connectivity index (χ4n) is 3.65. The fraction of sp³-hybridized carbons (Fsp3) is 0.250. The SMILES string of the molecule is Cc1cccc(NS(=O)(=O)c2cc3[nH]c4c(c3cc2C)C(=O)CCC4)c1. The van der Waals surface area contributed by atoms with Crippen molar-refractivity contribution in [3.05, 3.63) is 58.8 Å². The highest BCUT2D eigenvalue weighted by molar-refractivity contribution is 7.92. The molecule has 2 N–H and O–H groups in total. The minimum absolute atomic E-state index is 0.130. The molecule has 26 heavy (non-hydrogen) atoms. The topological polar surface area (TPSA) is 79.0 Å². The molecular formula is C20H20N2O3S. The number of aryl methyl sites for hydroxylation is 3. The molecule has 1 aliphatic carbocycles. The lowest BCUT2D eigenvalue weighted by Crippen LogP contribution is -2.14. The summed E-state index contributed by atoms with van der Waals surface area (Å²) in [6.45, 7) is 3.67. The van der Waals surface area contributed by atoms with Gasteiger partial charge in [0, 0.05) is 34.3 Å². The van der Waals surface area contributed by atoms with Crippen molar-refractivity contribution in [1.82, 2.24) is 4.98 Å². The van der Waals surface area contributed by atoms with Gasteiger partial charge in [-0.2, -0.15) is 0 Å². The van der Waals surface area contributed by atoms with E-state index in [1.807, 2.05) is 19.1 Å². The summed E-state index contributed by atoms with van der Waals surface area (Å²) >= 11 is 0. The maximum atomic E-state index is 12.9. The highest BCUT2D eigenvalue weighted by Crippen LogP contribution is 2.32. The number of aromatic amines is 1. The monoisotopic (exact) mass is 368 g/mol. The zero-order chi connectivity index (χ0) is 18.5. The second-order valence-electron chi connectivity index (χ2n) is 6.89. The molecular weight excluding hydrogens is 348 g/mol. The van der Waals surface area contributed by atoms with Crippen LogP contribution in [0.15, 0.2) is 41.3 Å². The highest BCUT2D eigenvalue weighted by Gasteiger charge is 2.25. The predicted octanol–water partition coefficient (Wildman–Crippen LogP) is 4.10. The van der Waals surface area contributed by atoms with Crippen LogP contribution in [0.2, 0.25) is 0 Å². The third-order valence-electron chi connectivity index (χ3n) is 4.84. The van der Waals surface area contributed by atoms with Crippen molar-refractivity contribution in [1.29, 1.82) is 0 Å². The van der Waals surface area contributed by atoms with Gasteiger partial charge in [0.2, 0.25) is 0 Å². The smallest absolute Gasteiger partial charge is 0.262 e. The van der Waals surface area contributed by atoms with E-state index in [9.17, 15) is 13.2 Å². The zero-order valence-corrected chi connectivity index (χ0v) is 15.5. The zero-order valence-electron chi connectivity index (χ0n) is 14.7. The maximum Gasteiger partial charge on any atom is 0.262 e. The Kier molecular flexibility index (Phi) is 3.88. The van der Waals surface area contributed by atoms with Crippen LogP contribution in [-0.4, -0.2) is 19.2 Å². The molecule has 1 aromatic heterocycles. The quantitative estimate of drug-likeness (QED) is 0.730. The first-order valence-corrected chi connectivity index (χ1v) is 10.1. The predicted molar refractivity (Wildman–Crippen MR) is 102 cm³/mol. The van der Waals surface area contributed by atoms with E-state index in [4.69, 9.17) is 0 Å². The average molecular weight is 368 g/mol. The summed E-state index contributed by atoms with van der Waals surface area (Å²) < 4.78 is 28.4. The highest BCUT2D eigenvalue weighted by atomic mass is 32.2. The Hall–Kier alpha value is -2.60. The van der Waals surface area contributed by atoms with Crippen molar-refractivity contribution in [3.63, 3.8) is 0 Å². The van der Waals surface area contributed by atoms with Gasteiger partial charge < -0.3 is 4.98 Å². The average Bonchev–Trinajstić information content (AvgIpc) is 2.92. The van der Waals surface area contributed by atoms with Crippen LogP contribution in [0, 0.1) is 13.8 Å². The molecule has 0 spiro atoms. The summed E-state index contributed by atoms with van der Waals surface area (Å²) in [5.74, 6) is 0.130. The van der Waals surface area contributed by atoms with E-state index in [2.05, 4.69) is 9.71 Å². The van der Waals surface area contributed by atoms with Gasteiger partial charge in [-0.15, -0.1) is 0 Å². The second kappa shape index (κ2) is 5.99. The first-order chi connectivity index (χ1) is 12.3. The number of ketones is 1. The second-order valence-corrected chi connectivity index (χ2v) is 8.54. The first kappa shape index (κ1) is 16.8. The molecule has 5 nitrogen and oxygen atoms in total. The molecule has 0 fully saturated rings. The Morgan fingerprint density at radius 3 is 2.65 bits per heavy atom. The van der Waals surface area contributed by atoms with E-state index in [1.54, 1.807) is 31.2 Å². The molecule has 134 valence electrons. The molecule has 0 radical (unpaired) electrons. The third-order valence-corrected chi connectivity index (χ3v) is 6.36. The number of Topliss-reactive ketones (excluding diaryl/α,β-unsaturated/α-hetero) is 1. The van der Waals surface area contributed by atoms with Gasteiger partial charge in [0.05, 0.1) is 4.90 Å². The Bertz CT molecular complexity index is 1140. The van der Waals surface area contributed by atoms with Crippen LogP contribution in [-0.2, 0) is 16.4 Å². The van der Waals surface area contributed by atoms with Crippen LogP contribution in [0.5, 0.6) is 0 Å². The summed E-state index contributed by atoms with van der Waals surface area (Å²) in [7, 11) is -3.72. The number of rotatable bonds is 3. The molecule has 6 heteroatoms. The lowest BCUT2D eigenvalue weighted by molar-refractivity contribution is 0.0974. The number of benzene rings is 2. The number of anilines is 1. The number of hydrogen-bond donors (Lipinski definition) is 2. The molecule has 0 unspecified atom stereocenters. The van der Waals surface area contributed by atoms with Gasteiger partial charge in [-0.05, 0) is 62.1 Å². The van der Waals surface area contributed by atoms with Crippen LogP contribution < -0.4 is 4.72 Å². The Balaban J connectivity index is 1.81. The lowest BCUT2D eigenvalue weighted by Gasteiger charge is -2.12. The third kappa shape index (κ3) is 2.80. The molecule has 3 aromatic rings. The number of sulfonamides is 1. The van der Waals surface area contributed by atoms with Crippen molar-refractivity contribution < 1.29 is 13.2 Å². The van der Waals surface area contributed by atoms with Crippen LogP contribution in [0.1, 0.15) is 40.0 Å². The van der Waals surface area contributed by atoms with Crippen LogP contribution in [0.3, 0.4) is 0 Å². The number of H-pyrrole nitrogens is 1. The largest absolute Gasteiger partial charge is 0.358 e. The van der Waals surface area contributed by atoms with E-state index in [0.717, 1.165) is 35.0 Å². The minimum atomic E-state index is -3.72. The van der Waals surface area contributed by atoms with Gasteiger partial charge in [0.1, 0.15) is 0 Å². The molecule has 0 aliphatic heterocycles. The Labute approximate surface area is 152 Å². The van der Waals surface area contributed by atoms with Crippen molar-refractivity contribution in [3.8, 4) is 0 Å². The van der Waals surface area contributed by atoms with Crippen molar-refractivity contribution in [2.75, 3.05) is 4.72 Å². The van der Waals surface area contributed by atoms with Crippen molar-refractivity contribution in [2.45, 2.75) is 38.0 Å². The van der Waals surface area contributed by atoms with Crippen LogP contribution in [0.25, 0.3) is 10.9 Å². The standard InChI is InChI=1S/C20H20N2O3S/c1-12-5-3-6-14(9-12)22-26(24,25)19-11-17-15(10-13(19)2)20-16(21-17)7-4-8-18(20)23/h3,5-6,9-11,21-22H,4,7-8H2,1-2H3. The Morgan fingerprint density at radius 1 is 1.08 bits per heavy atom. The molecule has 0 atom stereocenters. The number of hydrogen-bond acceptors (Lipinski definition) is 3. The summed E-state index contributed by atoms with van der Waals surface area (Å²) in [5, 5.41) is 0.816.